The molecule has 2 rings (SSSR count). The van der Waals surface area contributed by atoms with Crippen LogP contribution in [0.3, 0.4) is 0 Å². The molecule has 112 valence electrons. The van der Waals surface area contributed by atoms with Gasteiger partial charge in [-0.15, -0.1) is 0 Å². The van der Waals surface area contributed by atoms with Gasteiger partial charge in [-0.25, -0.2) is 5.84 Å². The molecule has 1 fully saturated rings. The van der Waals surface area contributed by atoms with Crippen LogP contribution >= 0.6 is 11.8 Å². The van der Waals surface area contributed by atoms with Crippen LogP contribution in [0.5, 0.6) is 0 Å². The average molecular weight is 297 g/mol. The van der Waals surface area contributed by atoms with E-state index in [-0.39, 0.29) is 0 Å². The van der Waals surface area contributed by atoms with Crippen LogP contribution in [-0.4, -0.2) is 46.1 Å². The van der Waals surface area contributed by atoms with E-state index in [2.05, 4.69) is 43.8 Å². The zero-order valence-electron chi connectivity index (χ0n) is 12.1. The second-order valence-electron chi connectivity index (χ2n) is 4.83. The third-order valence-corrected chi connectivity index (χ3v) is 4.07. The molecular formula is C12H23N7S. The predicted molar refractivity (Wildman–Crippen MR) is 85.2 cm³/mol. The number of hydrogen-bond donors (Lipinski definition) is 3. The van der Waals surface area contributed by atoms with Gasteiger partial charge >= 0.3 is 0 Å². The highest BCUT2D eigenvalue weighted by Crippen LogP contribution is 2.19. The first-order chi connectivity index (χ1) is 9.76. The molecule has 0 bridgehead atoms. The Bertz CT molecular complexity index is 422. The Morgan fingerprint density at radius 1 is 1.25 bits per heavy atom. The highest BCUT2D eigenvalue weighted by Gasteiger charge is 2.18. The minimum Gasteiger partial charge on any atom is -0.350 e. The molecule has 0 radical (unpaired) electrons. The fraction of sp³-hybridized carbons (Fsp3) is 0.750. The van der Waals surface area contributed by atoms with E-state index >= 15 is 0 Å². The Morgan fingerprint density at radius 3 is 2.55 bits per heavy atom. The van der Waals surface area contributed by atoms with E-state index in [0.29, 0.717) is 23.9 Å². The van der Waals surface area contributed by atoms with Crippen LogP contribution in [0.1, 0.15) is 26.2 Å². The molecule has 0 aliphatic carbocycles. The van der Waals surface area contributed by atoms with Crippen LogP contribution in [0, 0.1) is 0 Å². The number of nitrogens with zero attached hydrogens (tertiary/aromatic N) is 4. The topological polar surface area (TPSA) is 92.0 Å². The fourth-order valence-corrected chi connectivity index (χ4v) is 2.92. The molecule has 0 saturated carbocycles. The number of nitrogens with two attached hydrogens (primary N) is 1. The van der Waals surface area contributed by atoms with E-state index in [1.54, 1.807) is 0 Å². The van der Waals surface area contributed by atoms with Crippen molar-refractivity contribution in [2.24, 2.45) is 5.84 Å². The van der Waals surface area contributed by atoms with Crippen LogP contribution in [0.2, 0.25) is 0 Å². The number of hydrogen-bond acceptors (Lipinski definition) is 8. The molecule has 4 N–H and O–H groups in total. The second-order valence-corrected chi connectivity index (χ2v) is 5.74. The third-order valence-electron chi connectivity index (χ3n) is 3.34. The Morgan fingerprint density at radius 2 is 1.95 bits per heavy atom. The molecule has 8 heteroatoms. The van der Waals surface area contributed by atoms with Gasteiger partial charge in [-0.2, -0.15) is 26.7 Å². The van der Waals surface area contributed by atoms with Gasteiger partial charge in [-0.1, -0.05) is 6.92 Å². The Hall–Kier alpha value is -1.28. The number of nitrogen functional groups attached to an aromatic ring is 1. The maximum absolute atomic E-state index is 5.46. The van der Waals surface area contributed by atoms with Crippen LogP contribution in [-0.2, 0) is 0 Å². The van der Waals surface area contributed by atoms with Crippen molar-refractivity contribution in [1.29, 1.82) is 0 Å². The van der Waals surface area contributed by atoms with E-state index in [9.17, 15) is 0 Å². The Balaban J connectivity index is 2.16. The summed E-state index contributed by atoms with van der Waals surface area (Å²) in [5, 5.41) is 3.36. The van der Waals surface area contributed by atoms with Gasteiger partial charge in [0.1, 0.15) is 0 Å². The van der Waals surface area contributed by atoms with Crippen molar-refractivity contribution in [1.82, 2.24) is 15.0 Å². The van der Waals surface area contributed by atoms with Gasteiger partial charge in [0.25, 0.3) is 0 Å². The summed E-state index contributed by atoms with van der Waals surface area (Å²) in [4.78, 5) is 15.3. The maximum atomic E-state index is 5.46. The Labute approximate surface area is 124 Å². The van der Waals surface area contributed by atoms with Gasteiger partial charge in [0.05, 0.1) is 0 Å². The SMILES string of the molecule is CCC(CSC)Nc1nc(NN)nc(N2CCCC2)n1. The molecular weight excluding hydrogens is 274 g/mol. The van der Waals surface area contributed by atoms with Crippen LogP contribution < -0.4 is 21.5 Å². The number of anilines is 3. The molecule has 1 atom stereocenters. The number of thioether (sulfide) groups is 1. The lowest BCUT2D eigenvalue weighted by molar-refractivity contribution is 0.758. The first-order valence-corrected chi connectivity index (χ1v) is 8.39. The third kappa shape index (κ3) is 3.86. The predicted octanol–water partition coefficient (Wildman–Crippen LogP) is 1.31. The standard InChI is InChI=1S/C12H23N7S/c1-3-9(8-20-2)14-10-15-11(18-13)17-12(16-10)19-6-4-5-7-19/h9H,3-8,13H2,1-2H3,(H2,14,15,16,17,18). The van der Waals surface area contributed by atoms with Crippen LogP contribution in [0.15, 0.2) is 0 Å². The Kier molecular flexibility index (Phi) is 5.66. The highest BCUT2D eigenvalue weighted by molar-refractivity contribution is 7.98. The largest absolute Gasteiger partial charge is 0.350 e. The van der Waals surface area contributed by atoms with Crippen LogP contribution in [0.25, 0.3) is 0 Å². The zero-order chi connectivity index (χ0) is 14.4. The number of aromatic nitrogens is 3. The van der Waals surface area contributed by atoms with Crippen molar-refractivity contribution in [3.8, 4) is 0 Å². The highest BCUT2D eigenvalue weighted by atomic mass is 32.2. The molecule has 0 aromatic carbocycles. The summed E-state index contributed by atoms with van der Waals surface area (Å²) in [7, 11) is 0. The zero-order valence-corrected chi connectivity index (χ0v) is 12.9. The van der Waals surface area contributed by atoms with Gasteiger partial charge in [0.15, 0.2) is 0 Å². The summed E-state index contributed by atoms with van der Waals surface area (Å²) >= 11 is 1.81. The van der Waals surface area contributed by atoms with Gasteiger partial charge in [-0.3, -0.25) is 5.43 Å². The van der Waals surface area contributed by atoms with Gasteiger partial charge < -0.3 is 10.2 Å². The van der Waals surface area contributed by atoms with Crippen molar-refractivity contribution in [3.05, 3.63) is 0 Å². The number of nitrogens with one attached hydrogen (secondary N) is 2. The van der Waals surface area contributed by atoms with Crippen molar-refractivity contribution in [2.45, 2.75) is 32.2 Å². The van der Waals surface area contributed by atoms with Crippen molar-refractivity contribution in [3.63, 3.8) is 0 Å². The molecule has 1 aromatic heterocycles. The molecule has 2 heterocycles. The molecule has 1 saturated heterocycles. The monoisotopic (exact) mass is 297 g/mol. The molecule has 1 aliphatic rings. The summed E-state index contributed by atoms with van der Waals surface area (Å²) in [6.45, 7) is 4.14. The molecule has 1 unspecified atom stereocenters. The first-order valence-electron chi connectivity index (χ1n) is 7.00. The fourth-order valence-electron chi connectivity index (χ4n) is 2.20. The molecule has 1 aliphatic heterocycles. The minimum absolute atomic E-state index is 0.351. The van der Waals surface area contributed by atoms with Crippen LogP contribution in [0.4, 0.5) is 17.8 Å². The quantitative estimate of drug-likeness (QED) is 0.512. The lowest BCUT2D eigenvalue weighted by Gasteiger charge is -2.19. The van der Waals surface area contributed by atoms with Gasteiger partial charge in [0, 0.05) is 24.9 Å². The molecule has 0 amide bonds. The maximum Gasteiger partial charge on any atom is 0.243 e. The van der Waals surface area contributed by atoms with Crippen molar-refractivity contribution >= 4 is 29.6 Å². The summed E-state index contributed by atoms with van der Waals surface area (Å²) in [6, 6.07) is 0.351. The van der Waals surface area contributed by atoms with Gasteiger partial charge in [-0.05, 0) is 25.5 Å². The average Bonchev–Trinajstić information content (AvgIpc) is 3.00. The minimum atomic E-state index is 0.351. The number of hydrazine groups is 1. The smallest absolute Gasteiger partial charge is 0.243 e. The number of rotatable bonds is 7. The van der Waals surface area contributed by atoms with E-state index in [1.807, 2.05) is 11.8 Å². The van der Waals surface area contributed by atoms with E-state index in [1.165, 1.54) is 12.8 Å². The summed E-state index contributed by atoms with van der Waals surface area (Å²) in [5.41, 5.74) is 2.52. The summed E-state index contributed by atoms with van der Waals surface area (Å²) in [5.74, 6) is 8.18. The van der Waals surface area contributed by atoms with Crippen molar-refractivity contribution in [2.75, 3.05) is 40.7 Å². The second kappa shape index (κ2) is 7.49. The summed E-state index contributed by atoms with van der Waals surface area (Å²) < 4.78 is 0. The molecule has 0 spiro atoms. The first kappa shape index (κ1) is 15.1. The van der Waals surface area contributed by atoms with E-state index in [4.69, 9.17) is 5.84 Å². The van der Waals surface area contributed by atoms with Gasteiger partial charge in [0.2, 0.25) is 17.8 Å². The lowest BCUT2D eigenvalue weighted by atomic mass is 10.3. The summed E-state index contributed by atoms with van der Waals surface area (Å²) in [6.07, 6.45) is 5.49. The van der Waals surface area contributed by atoms with E-state index < -0.39 is 0 Å². The molecule has 20 heavy (non-hydrogen) atoms. The lowest BCUT2D eigenvalue weighted by Crippen LogP contribution is -2.26. The molecule has 7 nitrogen and oxygen atoms in total. The van der Waals surface area contributed by atoms with Crippen molar-refractivity contribution < 1.29 is 0 Å². The normalized spacial score (nSPS) is 16.2. The van der Waals surface area contributed by atoms with E-state index in [0.717, 1.165) is 25.3 Å². The molecule has 1 aromatic rings.